The van der Waals surface area contributed by atoms with Crippen LogP contribution in [0.3, 0.4) is 0 Å². The van der Waals surface area contributed by atoms with Crippen LogP contribution in [0.4, 0.5) is 0 Å². The molecule has 1 saturated carbocycles. The second kappa shape index (κ2) is 3.91. The first kappa shape index (κ1) is 12.8. The molecule has 7 heteroatoms. The summed E-state index contributed by atoms with van der Waals surface area (Å²) in [5, 5.41) is 0. The molecule has 0 N–H and O–H groups in total. The molecule has 1 aliphatic heterocycles. The van der Waals surface area contributed by atoms with Crippen molar-refractivity contribution in [2.75, 3.05) is 0 Å². The van der Waals surface area contributed by atoms with Gasteiger partial charge >= 0.3 is 23.9 Å². The van der Waals surface area contributed by atoms with Crippen molar-refractivity contribution in [3.63, 3.8) is 0 Å². The van der Waals surface area contributed by atoms with Crippen LogP contribution in [0.5, 0.6) is 0 Å². The van der Waals surface area contributed by atoms with Crippen LogP contribution in [0.2, 0.25) is 0 Å². The lowest BCUT2D eigenvalue weighted by molar-refractivity contribution is -0.162. The second-order valence-corrected chi connectivity index (χ2v) is 5.24. The van der Waals surface area contributed by atoms with Crippen molar-refractivity contribution >= 4 is 23.9 Å². The number of carbonyl (C=O) groups excluding carboxylic acids is 4. The SMILES string of the molecule is CC(=O)OC1=C[C@]2(OC(C)=O)C[C@H]1[C@H]1C(=O)OC(=O)[C@@H]12. The molecule has 1 saturated heterocycles. The van der Waals surface area contributed by atoms with Gasteiger partial charge in [0.1, 0.15) is 17.3 Å². The van der Waals surface area contributed by atoms with E-state index < -0.39 is 47.2 Å². The Morgan fingerprint density at radius 2 is 1.95 bits per heavy atom. The molecule has 0 spiro atoms. The van der Waals surface area contributed by atoms with Gasteiger partial charge in [-0.1, -0.05) is 0 Å². The van der Waals surface area contributed by atoms with Gasteiger partial charge in [-0.05, 0) is 6.08 Å². The Kier molecular flexibility index (Phi) is 2.51. The predicted octanol–water partition coefficient (Wildman–Crippen LogP) is 0.0846. The molecule has 1 heterocycles. The first-order valence-corrected chi connectivity index (χ1v) is 6.20. The lowest BCUT2D eigenvalue weighted by atomic mass is 9.82. The van der Waals surface area contributed by atoms with E-state index in [1.165, 1.54) is 19.9 Å². The number of cyclic esters (lactones) is 2. The zero-order valence-corrected chi connectivity index (χ0v) is 10.9. The molecule has 0 aromatic rings. The molecule has 3 aliphatic rings. The van der Waals surface area contributed by atoms with Crippen LogP contribution >= 0.6 is 0 Å². The lowest BCUT2D eigenvalue weighted by Gasteiger charge is -2.28. The van der Waals surface area contributed by atoms with Crippen molar-refractivity contribution in [3.8, 4) is 0 Å². The van der Waals surface area contributed by atoms with Gasteiger partial charge in [-0.25, -0.2) is 0 Å². The first-order chi connectivity index (χ1) is 9.34. The van der Waals surface area contributed by atoms with Crippen LogP contribution in [-0.4, -0.2) is 29.5 Å². The number of rotatable bonds is 2. The quantitative estimate of drug-likeness (QED) is 0.401. The van der Waals surface area contributed by atoms with Gasteiger partial charge in [0.2, 0.25) is 0 Å². The summed E-state index contributed by atoms with van der Waals surface area (Å²) < 4.78 is 15.0. The maximum atomic E-state index is 11.8. The molecule has 2 bridgehead atoms. The normalized spacial score (nSPS) is 37.3. The van der Waals surface area contributed by atoms with Gasteiger partial charge in [0.25, 0.3) is 0 Å². The molecule has 2 aliphatic carbocycles. The van der Waals surface area contributed by atoms with E-state index in [-0.39, 0.29) is 12.2 Å². The first-order valence-electron chi connectivity index (χ1n) is 6.20. The Hall–Kier alpha value is -2.18. The standard InChI is InChI=1S/C13H12O7/c1-5(14)18-8-4-13(20-6(2)15)3-7(8)9-10(13)12(17)19-11(9)16/h4,7,9-10H,3H2,1-2H3/t7-,9-,10-,13-/m1/s1. The van der Waals surface area contributed by atoms with Crippen molar-refractivity contribution in [1.82, 2.24) is 0 Å². The second-order valence-electron chi connectivity index (χ2n) is 5.24. The fourth-order valence-corrected chi connectivity index (χ4v) is 3.46. The van der Waals surface area contributed by atoms with E-state index in [4.69, 9.17) is 9.47 Å². The van der Waals surface area contributed by atoms with E-state index in [2.05, 4.69) is 4.74 Å². The highest BCUT2D eigenvalue weighted by molar-refractivity contribution is 5.99. The van der Waals surface area contributed by atoms with Gasteiger partial charge in [-0.3, -0.25) is 19.2 Å². The average Bonchev–Trinajstić information content (AvgIpc) is 2.87. The Morgan fingerprint density at radius 3 is 2.55 bits per heavy atom. The lowest BCUT2D eigenvalue weighted by Crippen LogP contribution is -2.41. The monoisotopic (exact) mass is 280 g/mol. The minimum atomic E-state index is -1.24. The maximum Gasteiger partial charge on any atom is 0.321 e. The van der Waals surface area contributed by atoms with E-state index >= 15 is 0 Å². The van der Waals surface area contributed by atoms with Crippen LogP contribution in [0, 0.1) is 17.8 Å². The van der Waals surface area contributed by atoms with Crippen LogP contribution in [0.15, 0.2) is 11.8 Å². The molecule has 7 nitrogen and oxygen atoms in total. The minimum Gasteiger partial charge on any atom is -0.454 e. The zero-order chi connectivity index (χ0) is 14.7. The number of allylic oxidation sites excluding steroid dienone is 1. The summed E-state index contributed by atoms with van der Waals surface area (Å²) in [4.78, 5) is 45.9. The Bertz CT molecular complexity index is 575. The molecule has 106 valence electrons. The Labute approximate surface area is 113 Å². The molecule has 20 heavy (non-hydrogen) atoms. The van der Waals surface area contributed by atoms with E-state index in [1.807, 2.05) is 0 Å². The predicted molar refractivity (Wildman–Crippen MR) is 60.5 cm³/mol. The van der Waals surface area contributed by atoms with Gasteiger partial charge in [-0.15, -0.1) is 0 Å². The Morgan fingerprint density at radius 1 is 1.25 bits per heavy atom. The van der Waals surface area contributed by atoms with Gasteiger partial charge in [0, 0.05) is 26.2 Å². The topological polar surface area (TPSA) is 96.0 Å². The van der Waals surface area contributed by atoms with Crippen molar-refractivity contribution in [2.24, 2.45) is 17.8 Å². The van der Waals surface area contributed by atoms with E-state index in [1.54, 1.807) is 0 Å². The summed E-state index contributed by atoms with van der Waals surface area (Å²) in [7, 11) is 0. The van der Waals surface area contributed by atoms with Gasteiger partial charge in [-0.2, -0.15) is 0 Å². The third-order valence-electron chi connectivity index (χ3n) is 3.93. The molecule has 3 rings (SSSR count). The molecule has 0 radical (unpaired) electrons. The third-order valence-corrected chi connectivity index (χ3v) is 3.93. The number of carbonyl (C=O) groups is 4. The number of ether oxygens (including phenoxy) is 3. The van der Waals surface area contributed by atoms with Crippen LogP contribution in [0.1, 0.15) is 20.3 Å². The molecule has 0 aromatic carbocycles. The molecular formula is C13H12O7. The van der Waals surface area contributed by atoms with Gasteiger partial charge in [0.05, 0.1) is 5.92 Å². The van der Waals surface area contributed by atoms with Crippen LogP contribution in [-0.2, 0) is 33.4 Å². The average molecular weight is 280 g/mol. The molecule has 4 atom stereocenters. The van der Waals surface area contributed by atoms with Crippen molar-refractivity contribution in [1.29, 1.82) is 0 Å². The highest BCUT2D eigenvalue weighted by Crippen LogP contribution is 2.59. The van der Waals surface area contributed by atoms with Crippen LogP contribution in [0.25, 0.3) is 0 Å². The van der Waals surface area contributed by atoms with E-state index in [9.17, 15) is 19.2 Å². The largest absolute Gasteiger partial charge is 0.454 e. The van der Waals surface area contributed by atoms with Crippen LogP contribution < -0.4 is 0 Å². The summed E-state index contributed by atoms with van der Waals surface area (Å²) in [6.07, 6.45) is 1.72. The summed E-state index contributed by atoms with van der Waals surface area (Å²) >= 11 is 0. The highest BCUT2D eigenvalue weighted by Gasteiger charge is 2.70. The third kappa shape index (κ3) is 1.59. The minimum absolute atomic E-state index is 0.255. The molecule has 0 unspecified atom stereocenters. The summed E-state index contributed by atoms with van der Waals surface area (Å²) in [5.41, 5.74) is -1.24. The van der Waals surface area contributed by atoms with Gasteiger partial charge in [0.15, 0.2) is 0 Å². The summed E-state index contributed by atoms with van der Waals surface area (Å²) in [6.45, 7) is 2.46. The number of hydrogen-bond donors (Lipinski definition) is 0. The number of fused-ring (bicyclic) bond motifs is 5. The van der Waals surface area contributed by atoms with Crippen molar-refractivity contribution in [3.05, 3.63) is 11.8 Å². The fourth-order valence-electron chi connectivity index (χ4n) is 3.46. The molecule has 0 amide bonds. The van der Waals surface area contributed by atoms with Crippen molar-refractivity contribution < 1.29 is 33.4 Å². The Balaban J connectivity index is 2.03. The molecule has 0 aromatic heterocycles. The smallest absolute Gasteiger partial charge is 0.321 e. The van der Waals surface area contributed by atoms with E-state index in [0.717, 1.165) is 0 Å². The number of esters is 4. The fraction of sp³-hybridized carbons (Fsp3) is 0.538. The van der Waals surface area contributed by atoms with Gasteiger partial charge < -0.3 is 14.2 Å². The zero-order valence-electron chi connectivity index (χ0n) is 10.9. The van der Waals surface area contributed by atoms with Crippen molar-refractivity contribution in [2.45, 2.75) is 25.9 Å². The summed E-state index contributed by atoms with van der Waals surface area (Å²) in [6, 6.07) is 0. The summed E-state index contributed by atoms with van der Waals surface area (Å²) in [5.74, 6) is -4.25. The van der Waals surface area contributed by atoms with E-state index in [0.29, 0.717) is 0 Å². The molecular weight excluding hydrogens is 268 g/mol. The molecule has 2 fully saturated rings. The highest BCUT2D eigenvalue weighted by atomic mass is 16.6. The number of hydrogen-bond acceptors (Lipinski definition) is 7. The maximum absolute atomic E-state index is 11.8.